The van der Waals surface area contributed by atoms with Gasteiger partial charge in [0, 0.05) is 45.0 Å². The van der Waals surface area contributed by atoms with Crippen molar-refractivity contribution < 1.29 is 0 Å². The van der Waals surface area contributed by atoms with Crippen molar-refractivity contribution in [2.75, 3.05) is 50.7 Å². The zero-order valence-corrected chi connectivity index (χ0v) is 14.2. The van der Waals surface area contributed by atoms with Crippen molar-refractivity contribution in [3.8, 4) is 0 Å². The highest BCUT2D eigenvalue weighted by atomic mass is 15.3. The molecule has 0 saturated carbocycles. The Kier molecular flexibility index (Phi) is 4.81. The van der Waals surface area contributed by atoms with Crippen LogP contribution >= 0.6 is 0 Å². The normalized spacial score (nSPS) is 30.2. The van der Waals surface area contributed by atoms with Gasteiger partial charge in [0.15, 0.2) is 0 Å². The minimum Gasteiger partial charge on any atom is -0.354 e. The lowest BCUT2D eigenvalue weighted by atomic mass is 9.83. The Balaban J connectivity index is 1.30. The van der Waals surface area contributed by atoms with E-state index in [0.29, 0.717) is 0 Å². The van der Waals surface area contributed by atoms with Crippen molar-refractivity contribution in [3.05, 3.63) is 24.4 Å². The summed E-state index contributed by atoms with van der Waals surface area (Å²) in [6.45, 7) is 8.66. The van der Waals surface area contributed by atoms with Crippen LogP contribution in [-0.4, -0.2) is 66.6 Å². The van der Waals surface area contributed by atoms with Gasteiger partial charge in [-0.1, -0.05) is 12.5 Å². The number of pyridine rings is 1. The van der Waals surface area contributed by atoms with E-state index in [0.717, 1.165) is 30.9 Å². The molecular weight excluding hydrogens is 284 g/mol. The summed E-state index contributed by atoms with van der Waals surface area (Å²) in [4.78, 5) is 12.4. The van der Waals surface area contributed by atoms with E-state index in [-0.39, 0.29) is 0 Å². The molecule has 126 valence electrons. The molecule has 3 saturated heterocycles. The fourth-order valence-corrected chi connectivity index (χ4v) is 4.82. The second-order valence-corrected chi connectivity index (χ2v) is 7.48. The summed E-state index contributed by atoms with van der Waals surface area (Å²) in [5, 5.41) is 0. The maximum Gasteiger partial charge on any atom is 0.128 e. The lowest BCUT2D eigenvalue weighted by Crippen LogP contribution is -2.54. The molecule has 1 aromatic rings. The molecule has 4 nitrogen and oxygen atoms in total. The van der Waals surface area contributed by atoms with E-state index in [1.807, 2.05) is 12.3 Å². The van der Waals surface area contributed by atoms with Crippen molar-refractivity contribution in [1.82, 2.24) is 14.8 Å². The van der Waals surface area contributed by atoms with Gasteiger partial charge in [-0.15, -0.1) is 0 Å². The molecule has 4 heteroatoms. The van der Waals surface area contributed by atoms with Gasteiger partial charge in [0.1, 0.15) is 5.82 Å². The number of piperazine rings is 1. The van der Waals surface area contributed by atoms with E-state index in [4.69, 9.17) is 0 Å². The molecule has 0 bridgehead atoms. The number of hydrogen-bond acceptors (Lipinski definition) is 4. The molecule has 3 aliphatic heterocycles. The zero-order chi connectivity index (χ0) is 15.5. The van der Waals surface area contributed by atoms with Crippen molar-refractivity contribution >= 4 is 5.82 Å². The number of fused-ring (bicyclic) bond motifs is 1. The Morgan fingerprint density at radius 3 is 2.61 bits per heavy atom. The van der Waals surface area contributed by atoms with Crippen LogP contribution < -0.4 is 4.90 Å². The van der Waals surface area contributed by atoms with E-state index in [9.17, 15) is 0 Å². The fourth-order valence-electron chi connectivity index (χ4n) is 4.82. The van der Waals surface area contributed by atoms with Crippen LogP contribution in [0, 0.1) is 5.92 Å². The summed E-state index contributed by atoms with van der Waals surface area (Å²) >= 11 is 0. The van der Waals surface area contributed by atoms with E-state index in [1.54, 1.807) is 0 Å². The van der Waals surface area contributed by atoms with Crippen molar-refractivity contribution in [1.29, 1.82) is 0 Å². The smallest absolute Gasteiger partial charge is 0.128 e. The molecule has 0 amide bonds. The van der Waals surface area contributed by atoms with Gasteiger partial charge in [0.05, 0.1) is 0 Å². The first-order valence-electron chi connectivity index (χ1n) is 9.52. The molecule has 0 radical (unpaired) electrons. The number of nitrogens with zero attached hydrogens (tertiary/aromatic N) is 4. The highest BCUT2D eigenvalue weighted by Gasteiger charge is 2.34. The molecule has 0 unspecified atom stereocenters. The maximum absolute atomic E-state index is 4.50. The predicted molar refractivity (Wildman–Crippen MR) is 94.8 cm³/mol. The van der Waals surface area contributed by atoms with E-state index in [1.165, 1.54) is 64.8 Å². The molecule has 4 rings (SSSR count). The van der Waals surface area contributed by atoms with Gasteiger partial charge in [-0.25, -0.2) is 4.98 Å². The summed E-state index contributed by atoms with van der Waals surface area (Å²) in [6.07, 6.45) is 9.08. The van der Waals surface area contributed by atoms with Gasteiger partial charge >= 0.3 is 0 Å². The van der Waals surface area contributed by atoms with Crippen LogP contribution in [0.4, 0.5) is 5.82 Å². The largest absolute Gasteiger partial charge is 0.354 e. The Labute approximate surface area is 140 Å². The molecule has 1 aromatic heterocycles. The van der Waals surface area contributed by atoms with Crippen LogP contribution in [0.15, 0.2) is 24.4 Å². The van der Waals surface area contributed by atoms with Gasteiger partial charge < -0.3 is 9.80 Å². The topological polar surface area (TPSA) is 22.6 Å². The first-order valence-corrected chi connectivity index (χ1v) is 9.52. The third-order valence-corrected chi connectivity index (χ3v) is 6.07. The molecule has 4 heterocycles. The average molecular weight is 314 g/mol. The molecule has 0 aliphatic carbocycles. The van der Waals surface area contributed by atoms with Gasteiger partial charge in [-0.05, 0) is 56.8 Å². The van der Waals surface area contributed by atoms with E-state index >= 15 is 0 Å². The third kappa shape index (κ3) is 3.53. The quantitative estimate of drug-likeness (QED) is 0.855. The zero-order valence-electron chi connectivity index (χ0n) is 14.2. The molecule has 3 aliphatic rings. The number of piperidine rings is 2. The van der Waals surface area contributed by atoms with E-state index in [2.05, 4.69) is 31.8 Å². The fraction of sp³-hybridized carbons (Fsp3) is 0.737. The molecular formula is C19H30N4. The minimum atomic E-state index is 0.881. The highest BCUT2D eigenvalue weighted by Crippen LogP contribution is 2.31. The highest BCUT2D eigenvalue weighted by molar-refractivity contribution is 5.38. The summed E-state index contributed by atoms with van der Waals surface area (Å²) in [5.41, 5.74) is 0. The van der Waals surface area contributed by atoms with Crippen molar-refractivity contribution in [2.24, 2.45) is 5.92 Å². The average Bonchev–Trinajstić information content (AvgIpc) is 2.63. The Hall–Kier alpha value is -1.13. The first kappa shape index (κ1) is 15.4. The Morgan fingerprint density at radius 2 is 1.78 bits per heavy atom. The molecule has 0 spiro atoms. The van der Waals surface area contributed by atoms with Gasteiger partial charge in [-0.3, -0.25) is 4.90 Å². The van der Waals surface area contributed by atoms with Crippen LogP contribution in [0.25, 0.3) is 0 Å². The van der Waals surface area contributed by atoms with Crippen molar-refractivity contribution in [2.45, 2.75) is 38.1 Å². The lowest BCUT2D eigenvalue weighted by Gasteiger charge is -2.46. The molecule has 2 atom stereocenters. The standard InChI is InChI=1S/C19H30N4/c1-3-9-20-19(8-1)23-14-12-21(13-15-23)16-17-6-5-11-22-10-4-2-7-18(17)22/h1,3,8-9,17-18H,2,4-7,10-16H2/t17-,18+/m0/s1. The predicted octanol–water partition coefficient (Wildman–Crippen LogP) is 2.47. The number of anilines is 1. The molecule has 0 N–H and O–H groups in total. The second-order valence-electron chi connectivity index (χ2n) is 7.48. The van der Waals surface area contributed by atoms with Crippen LogP contribution in [0.1, 0.15) is 32.1 Å². The molecule has 23 heavy (non-hydrogen) atoms. The summed E-state index contributed by atoms with van der Waals surface area (Å²) < 4.78 is 0. The van der Waals surface area contributed by atoms with Crippen LogP contribution in [0.5, 0.6) is 0 Å². The molecule has 0 aromatic carbocycles. The monoisotopic (exact) mass is 314 g/mol. The summed E-state index contributed by atoms with van der Waals surface area (Å²) in [6, 6.07) is 7.11. The second kappa shape index (κ2) is 7.18. The summed E-state index contributed by atoms with van der Waals surface area (Å²) in [7, 11) is 0. The number of hydrogen-bond donors (Lipinski definition) is 0. The Bertz CT molecular complexity index is 481. The SMILES string of the molecule is c1ccc(N2CCN(C[C@@H]3CCCN4CCCC[C@H]34)CC2)nc1. The minimum absolute atomic E-state index is 0.881. The van der Waals surface area contributed by atoms with Gasteiger partial charge in [0.25, 0.3) is 0 Å². The lowest BCUT2D eigenvalue weighted by molar-refractivity contribution is 0.0394. The number of aromatic nitrogens is 1. The van der Waals surface area contributed by atoms with Crippen LogP contribution in [-0.2, 0) is 0 Å². The van der Waals surface area contributed by atoms with Crippen molar-refractivity contribution in [3.63, 3.8) is 0 Å². The molecule has 3 fully saturated rings. The van der Waals surface area contributed by atoms with Gasteiger partial charge in [-0.2, -0.15) is 0 Å². The summed E-state index contributed by atoms with van der Waals surface area (Å²) in [5.74, 6) is 2.05. The van der Waals surface area contributed by atoms with Crippen LogP contribution in [0.3, 0.4) is 0 Å². The third-order valence-electron chi connectivity index (χ3n) is 6.07. The maximum atomic E-state index is 4.50. The van der Waals surface area contributed by atoms with E-state index < -0.39 is 0 Å². The Morgan fingerprint density at radius 1 is 0.913 bits per heavy atom. The first-order chi connectivity index (χ1) is 11.4. The van der Waals surface area contributed by atoms with Crippen LogP contribution in [0.2, 0.25) is 0 Å². The van der Waals surface area contributed by atoms with Gasteiger partial charge in [0.2, 0.25) is 0 Å². The number of rotatable bonds is 3.